The quantitative estimate of drug-likeness (QED) is 0.923. The van der Waals surface area contributed by atoms with Crippen LogP contribution in [0.1, 0.15) is 49.9 Å². The maximum atomic E-state index is 10.8. The van der Waals surface area contributed by atoms with Crippen molar-refractivity contribution in [1.82, 2.24) is 9.78 Å². The molecule has 112 valence electrons. The highest BCUT2D eigenvalue weighted by Crippen LogP contribution is 2.32. The molecule has 1 N–H and O–H groups in total. The van der Waals surface area contributed by atoms with Crippen LogP contribution in [0.3, 0.4) is 0 Å². The number of halogens is 1. The van der Waals surface area contributed by atoms with Crippen molar-refractivity contribution in [3.63, 3.8) is 0 Å². The molecule has 2 aromatic rings. The summed E-state index contributed by atoms with van der Waals surface area (Å²) in [4.78, 5) is 0. The summed E-state index contributed by atoms with van der Waals surface area (Å²) in [5.41, 5.74) is 0.654. The average Bonchev–Trinajstić information content (AvgIpc) is 3.09. The van der Waals surface area contributed by atoms with E-state index in [1.165, 1.54) is 25.7 Å². The van der Waals surface area contributed by atoms with E-state index in [0.29, 0.717) is 17.5 Å². The normalized spacial score (nSPS) is 18.8. The molecule has 4 heteroatoms. The van der Waals surface area contributed by atoms with E-state index in [1.807, 2.05) is 36.5 Å². The first-order chi connectivity index (χ1) is 10.1. The zero-order valence-corrected chi connectivity index (χ0v) is 13.1. The molecule has 0 saturated heterocycles. The van der Waals surface area contributed by atoms with Gasteiger partial charge in [-0.2, -0.15) is 5.10 Å². The zero-order chi connectivity index (χ0) is 14.9. The summed E-state index contributed by atoms with van der Waals surface area (Å²) in [6, 6.07) is 9.98. The monoisotopic (exact) mass is 304 g/mol. The van der Waals surface area contributed by atoms with Crippen LogP contribution in [-0.2, 0) is 12.0 Å². The lowest BCUT2D eigenvalue weighted by Gasteiger charge is -2.24. The van der Waals surface area contributed by atoms with Crippen LogP contribution in [0.5, 0.6) is 0 Å². The SMILES string of the molecule is CC(O)(Cc1ccn(C2CCCC2)n1)c1ccccc1Cl. The van der Waals surface area contributed by atoms with Gasteiger partial charge in [0.05, 0.1) is 17.3 Å². The van der Waals surface area contributed by atoms with Crippen LogP contribution < -0.4 is 0 Å². The smallest absolute Gasteiger partial charge is 0.0938 e. The number of hydrogen-bond donors (Lipinski definition) is 1. The number of aromatic nitrogens is 2. The summed E-state index contributed by atoms with van der Waals surface area (Å²) in [5.74, 6) is 0. The van der Waals surface area contributed by atoms with Crippen molar-refractivity contribution in [3.05, 3.63) is 52.8 Å². The number of nitrogens with zero attached hydrogens (tertiary/aromatic N) is 2. The highest BCUT2D eigenvalue weighted by Gasteiger charge is 2.27. The molecule has 21 heavy (non-hydrogen) atoms. The molecule has 0 amide bonds. The minimum Gasteiger partial charge on any atom is -0.385 e. The Labute approximate surface area is 130 Å². The molecule has 0 spiro atoms. The fourth-order valence-corrected chi connectivity index (χ4v) is 3.53. The molecule has 1 fully saturated rings. The maximum absolute atomic E-state index is 10.8. The van der Waals surface area contributed by atoms with Gasteiger partial charge >= 0.3 is 0 Å². The topological polar surface area (TPSA) is 38.0 Å². The van der Waals surface area contributed by atoms with Gasteiger partial charge < -0.3 is 5.11 Å². The van der Waals surface area contributed by atoms with E-state index in [0.717, 1.165) is 11.3 Å². The van der Waals surface area contributed by atoms with Gasteiger partial charge in [-0.25, -0.2) is 0 Å². The van der Waals surface area contributed by atoms with Crippen molar-refractivity contribution >= 4 is 11.6 Å². The number of benzene rings is 1. The molecule has 0 aliphatic heterocycles. The largest absolute Gasteiger partial charge is 0.385 e. The minimum atomic E-state index is -1.01. The van der Waals surface area contributed by atoms with Crippen LogP contribution in [0.15, 0.2) is 36.5 Å². The van der Waals surface area contributed by atoms with E-state index in [-0.39, 0.29) is 0 Å². The molecular formula is C17H21ClN2O. The molecule has 3 rings (SSSR count). The Balaban J connectivity index is 1.78. The molecule has 1 aliphatic carbocycles. The molecule has 1 unspecified atom stereocenters. The second kappa shape index (κ2) is 5.82. The van der Waals surface area contributed by atoms with Crippen molar-refractivity contribution in [2.24, 2.45) is 0 Å². The van der Waals surface area contributed by atoms with Gasteiger partial charge in [-0.1, -0.05) is 42.6 Å². The van der Waals surface area contributed by atoms with Gasteiger partial charge in [0, 0.05) is 23.2 Å². The van der Waals surface area contributed by atoms with Crippen molar-refractivity contribution < 1.29 is 5.11 Å². The Kier molecular flexibility index (Phi) is 4.05. The Morgan fingerprint density at radius 1 is 1.29 bits per heavy atom. The fourth-order valence-electron chi connectivity index (χ4n) is 3.19. The summed E-state index contributed by atoms with van der Waals surface area (Å²) in [6.07, 6.45) is 7.50. The van der Waals surface area contributed by atoms with E-state index < -0.39 is 5.60 Å². The van der Waals surface area contributed by atoms with Gasteiger partial charge in [0.15, 0.2) is 0 Å². The van der Waals surface area contributed by atoms with Gasteiger partial charge in [-0.3, -0.25) is 4.68 Å². The Hall–Kier alpha value is -1.32. The molecule has 1 aromatic heterocycles. The zero-order valence-electron chi connectivity index (χ0n) is 12.3. The first-order valence-electron chi connectivity index (χ1n) is 7.58. The maximum Gasteiger partial charge on any atom is 0.0938 e. The van der Waals surface area contributed by atoms with Crippen LogP contribution in [0.25, 0.3) is 0 Å². The Morgan fingerprint density at radius 2 is 2.00 bits per heavy atom. The molecule has 1 aromatic carbocycles. The van der Waals surface area contributed by atoms with Crippen LogP contribution in [0.2, 0.25) is 5.02 Å². The van der Waals surface area contributed by atoms with Gasteiger partial charge in [0.2, 0.25) is 0 Å². The van der Waals surface area contributed by atoms with Crippen molar-refractivity contribution in [1.29, 1.82) is 0 Å². The predicted octanol–water partition coefficient (Wildman–Crippen LogP) is 4.10. The third-order valence-corrected chi connectivity index (χ3v) is 4.67. The van der Waals surface area contributed by atoms with E-state index in [2.05, 4.69) is 9.78 Å². The summed E-state index contributed by atoms with van der Waals surface area (Å²) in [7, 11) is 0. The standard InChI is InChI=1S/C17H21ClN2O/c1-17(21,15-8-4-5-9-16(15)18)12-13-10-11-20(19-13)14-6-2-3-7-14/h4-5,8-11,14,21H,2-3,6-7,12H2,1H3. The molecule has 0 radical (unpaired) electrons. The highest BCUT2D eigenvalue weighted by atomic mass is 35.5. The van der Waals surface area contributed by atoms with E-state index in [4.69, 9.17) is 11.6 Å². The van der Waals surface area contributed by atoms with Crippen molar-refractivity contribution in [3.8, 4) is 0 Å². The van der Waals surface area contributed by atoms with E-state index >= 15 is 0 Å². The Bertz CT molecular complexity index is 615. The molecular weight excluding hydrogens is 284 g/mol. The summed E-state index contributed by atoms with van der Waals surface area (Å²) in [6.45, 7) is 1.79. The summed E-state index contributed by atoms with van der Waals surface area (Å²) < 4.78 is 2.06. The molecule has 3 nitrogen and oxygen atoms in total. The van der Waals surface area contributed by atoms with Crippen molar-refractivity contribution in [2.75, 3.05) is 0 Å². The van der Waals surface area contributed by atoms with Crippen LogP contribution in [-0.4, -0.2) is 14.9 Å². The minimum absolute atomic E-state index is 0.469. The van der Waals surface area contributed by atoms with E-state index in [9.17, 15) is 5.11 Å². The van der Waals surface area contributed by atoms with Crippen molar-refractivity contribution in [2.45, 2.75) is 50.7 Å². The number of hydrogen-bond acceptors (Lipinski definition) is 2. The van der Waals surface area contributed by atoms with Gasteiger partial charge in [-0.15, -0.1) is 0 Å². The summed E-state index contributed by atoms with van der Waals surface area (Å²) in [5, 5.41) is 16.0. The first-order valence-corrected chi connectivity index (χ1v) is 7.95. The fraction of sp³-hybridized carbons (Fsp3) is 0.471. The average molecular weight is 305 g/mol. The van der Waals surface area contributed by atoms with Crippen LogP contribution in [0, 0.1) is 0 Å². The highest BCUT2D eigenvalue weighted by molar-refractivity contribution is 6.31. The molecule has 1 aliphatic rings. The third kappa shape index (κ3) is 3.14. The van der Waals surface area contributed by atoms with E-state index in [1.54, 1.807) is 6.92 Å². The first kappa shape index (κ1) is 14.6. The molecule has 1 atom stereocenters. The third-order valence-electron chi connectivity index (χ3n) is 4.34. The summed E-state index contributed by atoms with van der Waals surface area (Å²) >= 11 is 6.20. The number of rotatable bonds is 4. The Morgan fingerprint density at radius 3 is 2.71 bits per heavy atom. The van der Waals surface area contributed by atoms with Crippen LogP contribution >= 0.6 is 11.6 Å². The van der Waals surface area contributed by atoms with Crippen LogP contribution in [0.4, 0.5) is 0 Å². The second-order valence-corrected chi connectivity index (χ2v) is 6.56. The lowest BCUT2D eigenvalue weighted by molar-refractivity contribution is 0.0565. The lowest BCUT2D eigenvalue weighted by atomic mass is 9.91. The predicted molar refractivity (Wildman–Crippen MR) is 84.5 cm³/mol. The number of aliphatic hydroxyl groups is 1. The second-order valence-electron chi connectivity index (χ2n) is 6.16. The van der Waals surface area contributed by atoms with Gasteiger partial charge in [0.25, 0.3) is 0 Å². The molecule has 1 heterocycles. The lowest BCUT2D eigenvalue weighted by Crippen LogP contribution is -2.25. The van der Waals surface area contributed by atoms with Gasteiger partial charge in [0.1, 0.15) is 0 Å². The van der Waals surface area contributed by atoms with Gasteiger partial charge in [-0.05, 0) is 31.9 Å². The molecule has 1 saturated carbocycles. The molecule has 0 bridgehead atoms.